The molecule has 0 saturated heterocycles. The molecule has 2 aromatic carbocycles. The number of nitrogens with zero attached hydrogens (tertiary/aromatic N) is 1. The smallest absolute Gasteiger partial charge is 0.0818 e. The van der Waals surface area contributed by atoms with Gasteiger partial charge in [0.25, 0.3) is 0 Å². The van der Waals surface area contributed by atoms with E-state index >= 15 is 0 Å². The SMILES string of the molecule is CNNc1c(N)cccc1-c1cccc2ncsc12. The highest BCUT2D eigenvalue weighted by molar-refractivity contribution is 7.17. The van der Waals surface area contributed by atoms with Crippen LogP contribution in [0.2, 0.25) is 0 Å². The largest absolute Gasteiger partial charge is 0.397 e. The lowest BCUT2D eigenvalue weighted by molar-refractivity contribution is 0.986. The molecular formula is C14H14N4S. The summed E-state index contributed by atoms with van der Waals surface area (Å²) in [6, 6.07) is 12.0. The minimum Gasteiger partial charge on any atom is -0.397 e. The monoisotopic (exact) mass is 270 g/mol. The van der Waals surface area contributed by atoms with E-state index < -0.39 is 0 Å². The molecule has 1 aromatic heterocycles. The van der Waals surface area contributed by atoms with Gasteiger partial charge in [-0.2, -0.15) is 0 Å². The minimum atomic E-state index is 0.716. The Hall–Kier alpha value is -2.11. The summed E-state index contributed by atoms with van der Waals surface area (Å²) in [5, 5.41) is 0. The van der Waals surface area contributed by atoms with Crippen molar-refractivity contribution in [3.8, 4) is 11.1 Å². The Morgan fingerprint density at radius 3 is 2.74 bits per heavy atom. The van der Waals surface area contributed by atoms with Crippen molar-refractivity contribution in [2.24, 2.45) is 0 Å². The second kappa shape index (κ2) is 4.87. The van der Waals surface area contributed by atoms with Crippen molar-refractivity contribution >= 4 is 32.9 Å². The number of aromatic nitrogens is 1. The number of nitrogen functional groups attached to an aromatic ring is 1. The van der Waals surface area contributed by atoms with Crippen LogP contribution in [0.4, 0.5) is 11.4 Å². The molecule has 0 bridgehead atoms. The van der Waals surface area contributed by atoms with Crippen molar-refractivity contribution in [3.05, 3.63) is 41.9 Å². The first-order valence-electron chi connectivity index (χ1n) is 5.95. The third kappa shape index (κ3) is 2.03. The number of hydrazine groups is 1. The number of rotatable bonds is 3. The molecule has 0 aliphatic carbocycles. The molecule has 1 heterocycles. The van der Waals surface area contributed by atoms with Crippen molar-refractivity contribution in [2.45, 2.75) is 0 Å². The molecule has 0 aliphatic heterocycles. The zero-order valence-electron chi connectivity index (χ0n) is 10.5. The molecule has 0 spiro atoms. The number of benzene rings is 2. The molecule has 0 atom stereocenters. The van der Waals surface area contributed by atoms with Gasteiger partial charge >= 0.3 is 0 Å². The van der Waals surface area contributed by atoms with E-state index in [9.17, 15) is 0 Å². The quantitative estimate of drug-likeness (QED) is 0.505. The maximum atomic E-state index is 6.05. The Bertz CT molecular complexity index is 720. The van der Waals surface area contributed by atoms with Crippen LogP contribution in [-0.4, -0.2) is 12.0 Å². The van der Waals surface area contributed by atoms with E-state index in [4.69, 9.17) is 5.73 Å². The Morgan fingerprint density at radius 2 is 1.89 bits per heavy atom. The van der Waals surface area contributed by atoms with Crippen molar-refractivity contribution in [3.63, 3.8) is 0 Å². The number of hydrogen-bond acceptors (Lipinski definition) is 5. The van der Waals surface area contributed by atoms with Crippen LogP contribution in [0.3, 0.4) is 0 Å². The van der Waals surface area contributed by atoms with Crippen molar-refractivity contribution in [2.75, 3.05) is 18.2 Å². The van der Waals surface area contributed by atoms with Crippen LogP contribution in [0.25, 0.3) is 21.3 Å². The van der Waals surface area contributed by atoms with Crippen molar-refractivity contribution in [1.29, 1.82) is 0 Å². The lowest BCUT2D eigenvalue weighted by atomic mass is 10.0. The van der Waals surface area contributed by atoms with Crippen LogP contribution in [-0.2, 0) is 0 Å². The summed E-state index contributed by atoms with van der Waals surface area (Å²) in [4.78, 5) is 4.35. The molecule has 4 N–H and O–H groups in total. The first-order chi connectivity index (χ1) is 9.31. The van der Waals surface area contributed by atoms with Crippen LogP contribution in [0, 0.1) is 0 Å². The summed E-state index contributed by atoms with van der Waals surface area (Å²) in [5.41, 5.74) is 18.8. The van der Waals surface area contributed by atoms with Gasteiger partial charge in [-0.05, 0) is 12.1 Å². The van der Waals surface area contributed by atoms with Crippen LogP contribution in [0.15, 0.2) is 41.9 Å². The Balaban J connectivity index is 2.27. The molecule has 19 heavy (non-hydrogen) atoms. The predicted octanol–water partition coefficient (Wildman–Crippen LogP) is 3.09. The maximum absolute atomic E-state index is 6.05. The van der Waals surface area contributed by atoms with Gasteiger partial charge in [0.15, 0.2) is 0 Å². The van der Waals surface area contributed by atoms with Gasteiger partial charge in [0.1, 0.15) is 0 Å². The van der Waals surface area contributed by atoms with Crippen LogP contribution in [0.5, 0.6) is 0 Å². The average Bonchev–Trinajstić information content (AvgIpc) is 2.89. The Kier molecular flexibility index (Phi) is 3.06. The Morgan fingerprint density at radius 1 is 1.11 bits per heavy atom. The first-order valence-corrected chi connectivity index (χ1v) is 6.83. The fourth-order valence-corrected chi connectivity index (χ4v) is 2.98. The van der Waals surface area contributed by atoms with Crippen LogP contribution >= 0.6 is 11.3 Å². The van der Waals surface area contributed by atoms with E-state index in [-0.39, 0.29) is 0 Å². The fourth-order valence-electron chi connectivity index (χ4n) is 2.16. The topological polar surface area (TPSA) is 63.0 Å². The number of para-hydroxylation sites is 1. The number of fused-ring (bicyclic) bond motifs is 1. The van der Waals surface area contributed by atoms with E-state index in [2.05, 4.69) is 28.0 Å². The number of hydrogen-bond donors (Lipinski definition) is 3. The molecule has 5 heteroatoms. The summed E-state index contributed by atoms with van der Waals surface area (Å²) in [7, 11) is 1.82. The Labute approximate surface area is 115 Å². The molecule has 3 rings (SSSR count). The lowest BCUT2D eigenvalue weighted by Crippen LogP contribution is -2.17. The third-order valence-electron chi connectivity index (χ3n) is 2.99. The molecule has 0 aliphatic rings. The van der Waals surface area contributed by atoms with E-state index in [1.165, 1.54) is 4.70 Å². The highest BCUT2D eigenvalue weighted by Crippen LogP contribution is 2.37. The summed E-state index contributed by atoms with van der Waals surface area (Å²) >= 11 is 1.64. The molecular weight excluding hydrogens is 256 g/mol. The number of nitrogens with one attached hydrogen (secondary N) is 2. The summed E-state index contributed by atoms with van der Waals surface area (Å²) < 4.78 is 1.17. The lowest BCUT2D eigenvalue weighted by Gasteiger charge is -2.14. The van der Waals surface area contributed by atoms with Gasteiger partial charge in [-0.25, -0.2) is 10.4 Å². The fraction of sp³-hybridized carbons (Fsp3) is 0.0714. The number of nitrogens with two attached hydrogens (primary N) is 1. The second-order valence-electron chi connectivity index (χ2n) is 4.15. The van der Waals surface area contributed by atoms with Crippen LogP contribution < -0.4 is 16.6 Å². The van der Waals surface area contributed by atoms with E-state index in [0.29, 0.717) is 5.69 Å². The van der Waals surface area contributed by atoms with Gasteiger partial charge in [0.05, 0.1) is 27.1 Å². The van der Waals surface area contributed by atoms with Crippen molar-refractivity contribution < 1.29 is 0 Å². The summed E-state index contributed by atoms with van der Waals surface area (Å²) in [6.07, 6.45) is 0. The van der Waals surface area contributed by atoms with Crippen LogP contribution in [0.1, 0.15) is 0 Å². The maximum Gasteiger partial charge on any atom is 0.0818 e. The molecule has 0 amide bonds. The normalized spacial score (nSPS) is 10.8. The molecule has 96 valence electrons. The minimum absolute atomic E-state index is 0.716. The zero-order valence-corrected chi connectivity index (χ0v) is 11.3. The van der Waals surface area contributed by atoms with Gasteiger partial charge in [-0.1, -0.05) is 24.3 Å². The van der Waals surface area contributed by atoms with E-state index in [1.807, 2.05) is 36.8 Å². The van der Waals surface area contributed by atoms with Gasteiger partial charge in [-0.15, -0.1) is 11.3 Å². The predicted molar refractivity (Wildman–Crippen MR) is 82.2 cm³/mol. The third-order valence-corrected chi connectivity index (χ3v) is 3.87. The van der Waals surface area contributed by atoms with Gasteiger partial charge < -0.3 is 11.2 Å². The second-order valence-corrected chi connectivity index (χ2v) is 5.01. The molecule has 0 fully saturated rings. The molecule has 4 nitrogen and oxygen atoms in total. The summed E-state index contributed by atoms with van der Waals surface area (Å²) in [6.45, 7) is 0. The van der Waals surface area contributed by atoms with Gasteiger partial charge in [0, 0.05) is 18.2 Å². The average molecular weight is 270 g/mol. The van der Waals surface area contributed by atoms with E-state index in [1.54, 1.807) is 11.3 Å². The van der Waals surface area contributed by atoms with E-state index in [0.717, 1.165) is 22.3 Å². The standard InChI is InChI=1S/C14H14N4S/c1-16-18-13-9(4-2-6-11(13)15)10-5-3-7-12-14(10)19-8-17-12/h2-8,16,18H,15H2,1H3. The van der Waals surface area contributed by atoms with Gasteiger partial charge in [-0.3, -0.25) is 0 Å². The summed E-state index contributed by atoms with van der Waals surface area (Å²) in [5.74, 6) is 0. The molecule has 3 aromatic rings. The van der Waals surface area contributed by atoms with Gasteiger partial charge in [0.2, 0.25) is 0 Å². The molecule has 0 unspecified atom stereocenters. The number of anilines is 2. The highest BCUT2D eigenvalue weighted by Gasteiger charge is 2.11. The highest BCUT2D eigenvalue weighted by atomic mass is 32.1. The molecule has 0 saturated carbocycles. The number of thiazole rings is 1. The molecule has 0 radical (unpaired) electrons. The van der Waals surface area contributed by atoms with Crippen molar-refractivity contribution in [1.82, 2.24) is 10.4 Å². The first kappa shape index (κ1) is 12.0. The zero-order chi connectivity index (χ0) is 13.2.